The molecule has 0 unspecified atom stereocenters. The van der Waals surface area contributed by atoms with Gasteiger partial charge in [0, 0.05) is 37.2 Å². The van der Waals surface area contributed by atoms with E-state index in [0.717, 1.165) is 29.2 Å². The molecule has 2 heterocycles. The Morgan fingerprint density at radius 1 is 1.19 bits per heavy atom. The van der Waals surface area contributed by atoms with Crippen molar-refractivity contribution in [2.45, 2.75) is 29.6 Å². The zero-order valence-electron chi connectivity index (χ0n) is 11.9. The Bertz CT molecular complexity index is 667. The third-order valence-electron chi connectivity index (χ3n) is 3.88. The fourth-order valence-corrected chi connectivity index (χ4v) is 5.28. The summed E-state index contributed by atoms with van der Waals surface area (Å²) in [6.07, 6.45) is 1.83. The number of anilines is 1. The van der Waals surface area contributed by atoms with Crippen LogP contribution in [0.15, 0.2) is 28.0 Å². The number of fused-ring (bicyclic) bond motifs is 1. The van der Waals surface area contributed by atoms with Crippen molar-refractivity contribution in [3.63, 3.8) is 0 Å². The van der Waals surface area contributed by atoms with E-state index in [-0.39, 0.29) is 10.8 Å². The average molecular weight is 326 g/mol. The lowest BCUT2D eigenvalue weighted by atomic mass is 10.2. The number of rotatable bonds is 2. The number of carbonyl (C=O) groups is 1. The van der Waals surface area contributed by atoms with Crippen LogP contribution in [0, 0.1) is 0 Å². The van der Waals surface area contributed by atoms with Gasteiger partial charge in [-0.25, -0.2) is 8.42 Å². The van der Waals surface area contributed by atoms with Crippen LogP contribution in [0.5, 0.6) is 0 Å². The van der Waals surface area contributed by atoms with E-state index in [2.05, 4.69) is 0 Å². The SMILES string of the molecule is CC(=O)N1CCSc2ccc(S(=O)(=O)N3CCCC3)cc21. The van der Waals surface area contributed by atoms with Gasteiger partial charge in [-0.15, -0.1) is 11.8 Å². The molecule has 3 rings (SSSR count). The second kappa shape index (κ2) is 5.62. The van der Waals surface area contributed by atoms with Crippen LogP contribution in [0.3, 0.4) is 0 Å². The molecule has 0 atom stereocenters. The predicted octanol–water partition coefficient (Wildman–Crippen LogP) is 1.93. The molecule has 1 amide bonds. The molecule has 5 nitrogen and oxygen atoms in total. The number of carbonyl (C=O) groups excluding carboxylic acids is 1. The molecule has 1 fully saturated rings. The van der Waals surface area contributed by atoms with Crippen molar-refractivity contribution in [1.29, 1.82) is 0 Å². The Hall–Kier alpha value is -1.05. The quantitative estimate of drug-likeness (QED) is 0.833. The molecule has 1 aromatic carbocycles. The minimum atomic E-state index is -3.44. The van der Waals surface area contributed by atoms with Crippen molar-refractivity contribution in [3.8, 4) is 0 Å². The van der Waals surface area contributed by atoms with Gasteiger partial charge in [0.15, 0.2) is 0 Å². The maximum Gasteiger partial charge on any atom is 0.243 e. The molecule has 2 aliphatic rings. The summed E-state index contributed by atoms with van der Waals surface area (Å²) in [5.41, 5.74) is 0.721. The monoisotopic (exact) mass is 326 g/mol. The van der Waals surface area contributed by atoms with Gasteiger partial charge in [-0.1, -0.05) is 0 Å². The van der Waals surface area contributed by atoms with Crippen molar-refractivity contribution >= 4 is 33.4 Å². The van der Waals surface area contributed by atoms with Crippen molar-refractivity contribution in [3.05, 3.63) is 18.2 Å². The number of nitrogens with zero attached hydrogens (tertiary/aromatic N) is 2. The maximum atomic E-state index is 12.6. The van der Waals surface area contributed by atoms with Crippen LogP contribution >= 0.6 is 11.8 Å². The van der Waals surface area contributed by atoms with Gasteiger partial charge in [0.2, 0.25) is 15.9 Å². The Morgan fingerprint density at radius 2 is 1.90 bits per heavy atom. The van der Waals surface area contributed by atoms with Crippen LogP contribution < -0.4 is 4.90 Å². The van der Waals surface area contributed by atoms with Gasteiger partial charge in [-0.3, -0.25) is 4.79 Å². The van der Waals surface area contributed by atoms with Crippen LogP contribution in [-0.2, 0) is 14.8 Å². The lowest BCUT2D eigenvalue weighted by molar-refractivity contribution is -0.116. The van der Waals surface area contributed by atoms with E-state index in [4.69, 9.17) is 0 Å². The van der Waals surface area contributed by atoms with Crippen molar-refractivity contribution in [2.75, 3.05) is 30.3 Å². The molecule has 0 N–H and O–H groups in total. The van der Waals surface area contributed by atoms with Gasteiger partial charge in [0.25, 0.3) is 0 Å². The highest BCUT2D eigenvalue weighted by Gasteiger charge is 2.29. The summed E-state index contributed by atoms with van der Waals surface area (Å²) in [6.45, 7) is 3.32. The van der Waals surface area contributed by atoms with Crippen LogP contribution in [0.1, 0.15) is 19.8 Å². The lowest BCUT2D eigenvalue weighted by Crippen LogP contribution is -2.34. The number of amides is 1. The van der Waals surface area contributed by atoms with Crippen molar-refractivity contribution in [1.82, 2.24) is 4.31 Å². The highest BCUT2D eigenvalue weighted by molar-refractivity contribution is 7.99. The van der Waals surface area contributed by atoms with E-state index >= 15 is 0 Å². The molecule has 0 radical (unpaired) electrons. The summed E-state index contributed by atoms with van der Waals surface area (Å²) in [7, 11) is -3.44. The molecule has 114 valence electrons. The minimum absolute atomic E-state index is 0.0488. The van der Waals surface area contributed by atoms with E-state index in [1.165, 1.54) is 11.2 Å². The minimum Gasteiger partial charge on any atom is -0.311 e. The van der Waals surface area contributed by atoms with Crippen LogP contribution in [0.4, 0.5) is 5.69 Å². The van der Waals surface area contributed by atoms with Gasteiger partial charge < -0.3 is 4.90 Å². The van der Waals surface area contributed by atoms with Crippen molar-refractivity contribution in [2.24, 2.45) is 0 Å². The molecule has 0 aromatic heterocycles. The molecule has 0 spiro atoms. The molecule has 0 aliphatic carbocycles. The molecule has 0 saturated carbocycles. The fraction of sp³-hybridized carbons (Fsp3) is 0.500. The Morgan fingerprint density at radius 3 is 2.57 bits per heavy atom. The lowest BCUT2D eigenvalue weighted by Gasteiger charge is -2.28. The average Bonchev–Trinajstić information content (AvgIpc) is 3.00. The van der Waals surface area contributed by atoms with Gasteiger partial charge >= 0.3 is 0 Å². The van der Waals surface area contributed by atoms with Gasteiger partial charge in [0.05, 0.1) is 10.6 Å². The van der Waals surface area contributed by atoms with Crippen molar-refractivity contribution < 1.29 is 13.2 Å². The standard InChI is InChI=1S/C14H18N2O3S2/c1-11(17)16-8-9-20-14-5-4-12(10-13(14)16)21(18,19)15-6-2-3-7-15/h4-5,10H,2-3,6-9H2,1H3. The first-order valence-corrected chi connectivity index (χ1v) is 9.48. The fourth-order valence-electron chi connectivity index (χ4n) is 2.76. The number of thioether (sulfide) groups is 1. The summed E-state index contributed by atoms with van der Waals surface area (Å²) < 4.78 is 26.8. The van der Waals surface area contributed by atoms with E-state index in [9.17, 15) is 13.2 Å². The Kier molecular flexibility index (Phi) is 3.98. The highest BCUT2D eigenvalue weighted by Crippen LogP contribution is 2.37. The summed E-state index contributed by atoms with van der Waals surface area (Å²) in [5, 5.41) is 0. The van der Waals surface area contributed by atoms with E-state index in [1.54, 1.807) is 28.8 Å². The molecule has 7 heteroatoms. The smallest absolute Gasteiger partial charge is 0.243 e. The van der Waals surface area contributed by atoms with E-state index in [1.807, 2.05) is 6.07 Å². The molecular weight excluding hydrogens is 308 g/mol. The van der Waals surface area contributed by atoms with Crippen LogP contribution in [-0.4, -0.2) is 44.0 Å². The number of hydrogen-bond donors (Lipinski definition) is 0. The molecule has 1 saturated heterocycles. The highest BCUT2D eigenvalue weighted by atomic mass is 32.2. The topological polar surface area (TPSA) is 57.7 Å². The summed E-state index contributed by atoms with van der Waals surface area (Å²) >= 11 is 1.66. The van der Waals surface area contributed by atoms with Crippen LogP contribution in [0.2, 0.25) is 0 Å². The summed E-state index contributed by atoms with van der Waals surface area (Å²) in [4.78, 5) is 14.7. The first kappa shape index (κ1) is 14.9. The predicted molar refractivity (Wildman–Crippen MR) is 83.2 cm³/mol. The number of sulfonamides is 1. The Labute approximate surface area is 129 Å². The Balaban J connectivity index is 2.02. The second-order valence-corrected chi connectivity index (χ2v) is 8.33. The molecule has 2 aliphatic heterocycles. The summed E-state index contributed by atoms with van der Waals surface area (Å²) in [6, 6.07) is 5.12. The molecular formula is C14H18N2O3S2. The van der Waals surface area contributed by atoms with Gasteiger partial charge in [-0.05, 0) is 31.0 Å². The largest absolute Gasteiger partial charge is 0.311 e. The third kappa shape index (κ3) is 2.69. The number of hydrogen-bond acceptors (Lipinski definition) is 4. The third-order valence-corrected chi connectivity index (χ3v) is 6.81. The second-order valence-electron chi connectivity index (χ2n) is 5.26. The first-order chi connectivity index (χ1) is 10.00. The number of benzene rings is 1. The first-order valence-electron chi connectivity index (χ1n) is 7.05. The van der Waals surface area contributed by atoms with E-state index < -0.39 is 10.0 Å². The van der Waals surface area contributed by atoms with Crippen LogP contribution in [0.25, 0.3) is 0 Å². The molecule has 1 aromatic rings. The van der Waals surface area contributed by atoms with E-state index in [0.29, 0.717) is 19.6 Å². The zero-order valence-corrected chi connectivity index (χ0v) is 13.5. The summed E-state index contributed by atoms with van der Waals surface area (Å²) in [5.74, 6) is 0.789. The maximum absolute atomic E-state index is 12.6. The zero-order chi connectivity index (χ0) is 15.0. The molecule has 21 heavy (non-hydrogen) atoms. The van der Waals surface area contributed by atoms with Gasteiger partial charge in [-0.2, -0.15) is 4.31 Å². The molecule has 0 bridgehead atoms. The van der Waals surface area contributed by atoms with Gasteiger partial charge in [0.1, 0.15) is 0 Å². The normalized spacial score (nSPS) is 19.6.